The van der Waals surface area contributed by atoms with E-state index in [1.54, 1.807) is 23.1 Å². The number of aromatic nitrogens is 2. The fraction of sp³-hybridized carbons (Fsp3) is 0.292. The standard InChI is InChI=1S/C24H23N5O5S/c1-14-4-6-16(7-5-14)25-20(30)15-3-2-10-29(12-15)24(32)23-28-27-22(35-23)21(31)26-17-8-9-18-19(11-17)34-13-33-18/h4-9,11,15H,2-3,10,12-13H2,1H3,(H,25,30)(H,26,31). The third-order valence-corrected chi connectivity index (χ3v) is 6.74. The van der Waals surface area contributed by atoms with Crippen LogP contribution in [0.2, 0.25) is 0 Å². The van der Waals surface area contributed by atoms with E-state index in [2.05, 4.69) is 20.8 Å². The largest absolute Gasteiger partial charge is 0.454 e. The van der Waals surface area contributed by atoms with Crippen LogP contribution in [0.5, 0.6) is 11.5 Å². The highest BCUT2D eigenvalue weighted by molar-refractivity contribution is 7.15. The Bertz CT molecular complexity index is 1280. The molecule has 180 valence electrons. The fourth-order valence-electron chi connectivity index (χ4n) is 3.95. The SMILES string of the molecule is Cc1ccc(NC(=O)C2CCCN(C(=O)c3nnc(C(=O)Nc4ccc5c(c4)OCO5)s3)C2)cc1. The Balaban J connectivity index is 1.20. The molecule has 2 aromatic carbocycles. The summed E-state index contributed by atoms with van der Waals surface area (Å²) >= 11 is 0.919. The number of hydrogen-bond acceptors (Lipinski definition) is 8. The minimum atomic E-state index is -0.477. The third kappa shape index (κ3) is 5.09. The first-order valence-corrected chi connectivity index (χ1v) is 12.0. The lowest BCUT2D eigenvalue weighted by molar-refractivity contribution is -0.121. The Morgan fingerprint density at radius 1 is 0.971 bits per heavy atom. The molecule has 35 heavy (non-hydrogen) atoms. The summed E-state index contributed by atoms with van der Waals surface area (Å²) in [7, 11) is 0. The van der Waals surface area contributed by atoms with E-state index in [0.29, 0.717) is 36.6 Å². The molecular formula is C24H23N5O5S. The van der Waals surface area contributed by atoms with Crippen LogP contribution in [0, 0.1) is 12.8 Å². The van der Waals surface area contributed by atoms with Crippen LogP contribution in [-0.2, 0) is 4.79 Å². The van der Waals surface area contributed by atoms with E-state index in [0.717, 1.165) is 22.6 Å². The van der Waals surface area contributed by atoms with E-state index in [1.807, 2.05) is 31.2 Å². The van der Waals surface area contributed by atoms with Crippen LogP contribution in [0.15, 0.2) is 42.5 Å². The average Bonchev–Trinajstić information content (AvgIpc) is 3.55. The molecule has 0 saturated carbocycles. The van der Waals surface area contributed by atoms with Crippen LogP contribution in [0.4, 0.5) is 11.4 Å². The number of hydrogen-bond donors (Lipinski definition) is 2. The normalized spacial score (nSPS) is 16.6. The molecule has 2 aliphatic rings. The van der Waals surface area contributed by atoms with Gasteiger partial charge in [-0.25, -0.2) is 0 Å². The number of fused-ring (bicyclic) bond motifs is 1. The lowest BCUT2D eigenvalue weighted by atomic mass is 9.97. The summed E-state index contributed by atoms with van der Waals surface area (Å²) in [4.78, 5) is 40.0. The van der Waals surface area contributed by atoms with E-state index in [9.17, 15) is 14.4 Å². The number of carbonyl (C=O) groups is 3. The van der Waals surface area contributed by atoms with Crippen molar-refractivity contribution in [3.05, 3.63) is 58.0 Å². The van der Waals surface area contributed by atoms with Gasteiger partial charge >= 0.3 is 0 Å². The molecule has 1 aromatic heterocycles. The summed E-state index contributed by atoms with van der Waals surface area (Å²) in [5, 5.41) is 13.6. The quantitative estimate of drug-likeness (QED) is 0.559. The zero-order valence-corrected chi connectivity index (χ0v) is 19.8. The minimum Gasteiger partial charge on any atom is -0.454 e. The second-order valence-corrected chi connectivity index (χ2v) is 9.36. The minimum absolute atomic E-state index is 0.0664. The Morgan fingerprint density at radius 2 is 1.71 bits per heavy atom. The van der Waals surface area contributed by atoms with Crippen LogP contribution in [-0.4, -0.2) is 52.7 Å². The van der Waals surface area contributed by atoms with Crippen molar-refractivity contribution in [1.82, 2.24) is 15.1 Å². The van der Waals surface area contributed by atoms with Crippen molar-refractivity contribution in [2.45, 2.75) is 19.8 Å². The van der Waals surface area contributed by atoms with Gasteiger partial charge in [0.2, 0.25) is 22.7 Å². The van der Waals surface area contributed by atoms with Gasteiger partial charge in [0.15, 0.2) is 11.5 Å². The number of amides is 3. The van der Waals surface area contributed by atoms with Crippen LogP contribution in [0.1, 0.15) is 38.0 Å². The molecule has 1 atom stereocenters. The van der Waals surface area contributed by atoms with Crippen molar-refractivity contribution < 1.29 is 23.9 Å². The molecule has 1 unspecified atom stereocenters. The monoisotopic (exact) mass is 493 g/mol. The highest BCUT2D eigenvalue weighted by atomic mass is 32.1. The molecule has 1 fully saturated rings. The Kier molecular flexibility index (Phi) is 6.32. The number of nitrogens with one attached hydrogen (secondary N) is 2. The fourth-order valence-corrected chi connectivity index (χ4v) is 4.66. The maximum Gasteiger partial charge on any atom is 0.286 e. The number of benzene rings is 2. The molecule has 10 nitrogen and oxygen atoms in total. The molecule has 3 amide bonds. The molecule has 0 radical (unpaired) electrons. The number of nitrogens with zero attached hydrogens (tertiary/aromatic N) is 3. The van der Waals surface area contributed by atoms with E-state index >= 15 is 0 Å². The van der Waals surface area contributed by atoms with Gasteiger partial charge in [0, 0.05) is 30.5 Å². The molecule has 0 aliphatic carbocycles. The molecular weight excluding hydrogens is 470 g/mol. The molecule has 3 aromatic rings. The Labute approximate surface area is 205 Å². The van der Waals surface area contributed by atoms with Crippen LogP contribution in [0.3, 0.4) is 0 Å². The second kappa shape index (κ2) is 9.71. The maximum atomic E-state index is 13.0. The van der Waals surface area contributed by atoms with Gasteiger partial charge in [-0.2, -0.15) is 0 Å². The van der Waals surface area contributed by atoms with Gasteiger partial charge in [0.05, 0.1) is 5.92 Å². The van der Waals surface area contributed by atoms with Crippen LogP contribution >= 0.6 is 11.3 Å². The third-order valence-electron chi connectivity index (χ3n) is 5.83. The summed E-state index contributed by atoms with van der Waals surface area (Å²) in [5.41, 5.74) is 2.35. The summed E-state index contributed by atoms with van der Waals surface area (Å²) < 4.78 is 10.6. The highest BCUT2D eigenvalue weighted by Crippen LogP contribution is 2.34. The van der Waals surface area contributed by atoms with Gasteiger partial charge in [0.25, 0.3) is 11.8 Å². The molecule has 1 saturated heterocycles. The van der Waals surface area contributed by atoms with Gasteiger partial charge in [-0.15, -0.1) is 10.2 Å². The zero-order chi connectivity index (χ0) is 24.4. The number of aryl methyl sites for hydroxylation is 1. The Morgan fingerprint density at radius 3 is 2.54 bits per heavy atom. The number of carbonyl (C=O) groups excluding carboxylic acids is 3. The van der Waals surface area contributed by atoms with Crippen molar-refractivity contribution >= 4 is 40.4 Å². The second-order valence-electron chi connectivity index (χ2n) is 8.38. The molecule has 0 bridgehead atoms. The van der Waals surface area contributed by atoms with Gasteiger partial charge in [-0.05, 0) is 44.0 Å². The first kappa shape index (κ1) is 22.8. The maximum absolute atomic E-state index is 13.0. The molecule has 2 N–H and O–H groups in total. The number of ether oxygens (including phenoxy) is 2. The number of likely N-dealkylation sites (tertiary alicyclic amines) is 1. The molecule has 0 spiro atoms. The number of rotatable bonds is 5. The van der Waals surface area contributed by atoms with Crippen molar-refractivity contribution in [2.24, 2.45) is 5.92 Å². The predicted octanol–water partition coefficient (Wildman–Crippen LogP) is 3.32. The lowest BCUT2D eigenvalue weighted by Crippen LogP contribution is -2.43. The summed E-state index contributed by atoms with van der Waals surface area (Å²) in [6, 6.07) is 12.6. The summed E-state index contributed by atoms with van der Waals surface area (Å²) in [5.74, 6) is -0.101. The van der Waals surface area contributed by atoms with E-state index in [4.69, 9.17) is 9.47 Å². The highest BCUT2D eigenvalue weighted by Gasteiger charge is 2.31. The average molecular weight is 494 g/mol. The van der Waals surface area contributed by atoms with E-state index < -0.39 is 5.91 Å². The first-order valence-electron chi connectivity index (χ1n) is 11.2. The van der Waals surface area contributed by atoms with E-state index in [-0.39, 0.29) is 41.1 Å². The van der Waals surface area contributed by atoms with Gasteiger partial charge < -0.3 is 25.0 Å². The summed E-state index contributed by atoms with van der Waals surface area (Å²) in [6.45, 7) is 2.93. The molecule has 11 heteroatoms. The zero-order valence-electron chi connectivity index (χ0n) is 18.9. The summed E-state index contributed by atoms with van der Waals surface area (Å²) in [6.07, 6.45) is 1.40. The Hall–Kier alpha value is -3.99. The molecule has 5 rings (SSSR count). The van der Waals surface area contributed by atoms with Crippen LogP contribution < -0.4 is 20.1 Å². The van der Waals surface area contributed by atoms with Crippen molar-refractivity contribution in [3.8, 4) is 11.5 Å². The van der Waals surface area contributed by atoms with Gasteiger partial charge in [-0.1, -0.05) is 29.0 Å². The predicted molar refractivity (Wildman–Crippen MR) is 129 cm³/mol. The van der Waals surface area contributed by atoms with Crippen molar-refractivity contribution in [1.29, 1.82) is 0 Å². The lowest BCUT2D eigenvalue weighted by Gasteiger charge is -2.31. The number of piperidine rings is 1. The van der Waals surface area contributed by atoms with E-state index in [1.165, 1.54) is 0 Å². The molecule has 3 heterocycles. The van der Waals surface area contributed by atoms with Crippen molar-refractivity contribution in [2.75, 3.05) is 30.5 Å². The van der Waals surface area contributed by atoms with Crippen LogP contribution in [0.25, 0.3) is 0 Å². The topological polar surface area (TPSA) is 123 Å². The number of anilines is 2. The van der Waals surface area contributed by atoms with Gasteiger partial charge in [-0.3, -0.25) is 14.4 Å². The molecule has 2 aliphatic heterocycles. The van der Waals surface area contributed by atoms with Crippen molar-refractivity contribution in [3.63, 3.8) is 0 Å². The van der Waals surface area contributed by atoms with Gasteiger partial charge in [0.1, 0.15) is 0 Å². The first-order chi connectivity index (χ1) is 17.0. The smallest absolute Gasteiger partial charge is 0.286 e.